The number of rotatable bonds is 6. The number of carbonyl (C=O) groups is 1. The van der Waals surface area contributed by atoms with Crippen LogP contribution in [-0.4, -0.2) is 60.2 Å². The largest absolute Gasteiger partial charge is 0.497 e. The van der Waals surface area contributed by atoms with Crippen LogP contribution >= 0.6 is 0 Å². The first kappa shape index (κ1) is 18.7. The topological polar surface area (TPSA) is 113 Å². The molecule has 0 bridgehead atoms. The Morgan fingerprint density at radius 2 is 2.19 bits per heavy atom. The zero-order valence-electron chi connectivity index (χ0n) is 14.8. The Kier molecular flexibility index (Phi) is 5.19. The summed E-state index contributed by atoms with van der Waals surface area (Å²) >= 11 is 0. The number of benzene rings is 1. The molecule has 0 spiro atoms. The van der Waals surface area contributed by atoms with Crippen molar-refractivity contribution in [1.29, 1.82) is 0 Å². The summed E-state index contributed by atoms with van der Waals surface area (Å²) in [7, 11) is -1.70. The van der Waals surface area contributed by atoms with E-state index < -0.39 is 16.0 Å². The summed E-state index contributed by atoms with van der Waals surface area (Å²) in [6, 6.07) is 5.53. The summed E-state index contributed by atoms with van der Waals surface area (Å²) in [4.78, 5) is 19.0. The number of sulfonamides is 1. The van der Waals surface area contributed by atoms with E-state index in [0.29, 0.717) is 25.9 Å². The van der Waals surface area contributed by atoms with E-state index >= 15 is 0 Å². The van der Waals surface area contributed by atoms with Gasteiger partial charge in [0.05, 0.1) is 24.4 Å². The fourth-order valence-electron chi connectivity index (χ4n) is 3.59. The number of carboxylic acid groups (broad SMARTS) is 1. The number of aromatic nitrogens is 2. The fourth-order valence-corrected chi connectivity index (χ4v) is 4.49. The number of carboxylic acids is 1. The number of ether oxygens (including phenoxy) is 1. The third-order valence-corrected chi connectivity index (χ3v) is 6.22. The van der Waals surface area contributed by atoms with Crippen molar-refractivity contribution in [2.45, 2.75) is 19.3 Å². The smallest absolute Gasteiger partial charge is 0.303 e. The molecule has 0 unspecified atom stereocenters. The molecule has 0 saturated carbocycles. The van der Waals surface area contributed by atoms with Gasteiger partial charge >= 0.3 is 5.97 Å². The van der Waals surface area contributed by atoms with Crippen molar-refractivity contribution < 1.29 is 23.1 Å². The predicted octanol–water partition coefficient (Wildman–Crippen LogP) is 1.49. The number of methoxy groups -OCH3 is 1. The molecular weight excluding hydrogens is 358 g/mol. The highest BCUT2D eigenvalue weighted by atomic mass is 32.2. The number of H-pyrrole nitrogens is 1. The zero-order valence-corrected chi connectivity index (χ0v) is 15.6. The summed E-state index contributed by atoms with van der Waals surface area (Å²) in [5.41, 5.74) is 1.64. The van der Waals surface area contributed by atoms with Crippen LogP contribution in [-0.2, 0) is 21.2 Å². The molecule has 1 aromatic carbocycles. The van der Waals surface area contributed by atoms with Gasteiger partial charge in [-0.1, -0.05) is 0 Å². The Labute approximate surface area is 152 Å². The highest BCUT2D eigenvalue weighted by Crippen LogP contribution is 2.31. The average Bonchev–Trinajstić information content (AvgIpc) is 2.96. The Hall–Kier alpha value is -2.13. The van der Waals surface area contributed by atoms with Gasteiger partial charge in [-0.2, -0.15) is 0 Å². The molecule has 0 amide bonds. The third-order valence-electron chi connectivity index (χ3n) is 4.95. The molecule has 1 aromatic heterocycles. The number of imidazole rings is 1. The Morgan fingerprint density at radius 1 is 1.42 bits per heavy atom. The summed E-state index contributed by atoms with van der Waals surface area (Å²) in [5.74, 6) is 0.411. The minimum atomic E-state index is -3.30. The van der Waals surface area contributed by atoms with Gasteiger partial charge in [0.2, 0.25) is 10.0 Å². The van der Waals surface area contributed by atoms with Crippen LogP contribution in [0.15, 0.2) is 18.2 Å². The molecule has 0 aliphatic carbocycles. The SMILES string of the molecule is COc1ccc2nc(C[C@H]3CN(S(C)(=O)=O)CC[C@H]3CC(=O)O)[nH]c2c1. The van der Waals surface area contributed by atoms with Gasteiger partial charge in [-0.15, -0.1) is 0 Å². The number of hydrogen-bond donors (Lipinski definition) is 2. The fraction of sp³-hybridized carbons (Fsp3) is 0.529. The number of nitrogens with one attached hydrogen (secondary N) is 1. The van der Waals surface area contributed by atoms with Crippen molar-refractivity contribution in [3.8, 4) is 5.75 Å². The van der Waals surface area contributed by atoms with Gasteiger partial charge in [-0.3, -0.25) is 4.79 Å². The first-order valence-electron chi connectivity index (χ1n) is 8.46. The van der Waals surface area contributed by atoms with Crippen LogP contribution in [0.3, 0.4) is 0 Å². The van der Waals surface area contributed by atoms with E-state index in [1.165, 1.54) is 10.6 Å². The van der Waals surface area contributed by atoms with Crippen molar-refractivity contribution in [1.82, 2.24) is 14.3 Å². The quantitative estimate of drug-likeness (QED) is 0.784. The maximum absolute atomic E-state index is 11.9. The summed E-state index contributed by atoms with van der Waals surface area (Å²) in [6.45, 7) is 0.682. The van der Waals surface area contributed by atoms with Crippen molar-refractivity contribution >= 4 is 27.0 Å². The molecule has 1 aliphatic heterocycles. The molecule has 0 radical (unpaired) electrons. The molecule has 2 N–H and O–H groups in total. The molecule has 2 aromatic rings. The predicted molar refractivity (Wildman–Crippen MR) is 96.6 cm³/mol. The normalized spacial score (nSPS) is 21.8. The van der Waals surface area contributed by atoms with Gasteiger partial charge < -0.3 is 14.8 Å². The number of nitrogens with zero attached hydrogens (tertiary/aromatic N) is 2. The number of aromatic amines is 1. The van der Waals surface area contributed by atoms with Crippen LogP contribution in [0, 0.1) is 11.8 Å². The Morgan fingerprint density at radius 3 is 2.85 bits per heavy atom. The molecule has 2 heterocycles. The molecule has 1 aliphatic rings. The second kappa shape index (κ2) is 7.24. The summed E-state index contributed by atoms with van der Waals surface area (Å²) in [5, 5.41) is 9.18. The molecule has 1 saturated heterocycles. The molecule has 8 nitrogen and oxygen atoms in total. The minimum Gasteiger partial charge on any atom is -0.497 e. The standard InChI is InChI=1S/C17H23N3O5S/c1-25-13-3-4-14-15(9-13)19-16(18-14)7-12-10-20(26(2,23)24)6-5-11(12)8-17(21)22/h3-4,9,11-12H,5-8,10H2,1-2H3,(H,18,19)(H,21,22)/t11-,12-/m0/s1. The van der Waals surface area contributed by atoms with Gasteiger partial charge in [0.25, 0.3) is 0 Å². The molecule has 1 fully saturated rings. The van der Waals surface area contributed by atoms with Crippen molar-refractivity contribution in [3.63, 3.8) is 0 Å². The second-order valence-electron chi connectivity index (χ2n) is 6.80. The lowest BCUT2D eigenvalue weighted by Gasteiger charge is -2.36. The van der Waals surface area contributed by atoms with E-state index in [2.05, 4.69) is 9.97 Å². The second-order valence-corrected chi connectivity index (χ2v) is 8.78. The van der Waals surface area contributed by atoms with Crippen LogP contribution in [0.4, 0.5) is 0 Å². The first-order chi connectivity index (χ1) is 12.3. The van der Waals surface area contributed by atoms with Crippen LogP contribution in [0.25, 0.3) is 11.0 Å². The molecule has 2 atom stereocenters. The summed E-state index contributed by atoms with van der Waals surface area (Å²) < 4.78 is 30.4. The zero-order chi connectivity index (χ0) is 18.9. The number of aliphatic carboxylic acids is 1. The highest BCUT2D eigenvalue weighted by molar-refractivity contribution is 7.88. The van der Waals surface area contributed by atoms with Gasteiger partial charge in [-0.05, 0) is 30.4 Å². The lowest BCUT2D eigenvalue weighted by Crippen LogP contribution is -2.44. The average molecular weight is 381 g/mol. The van der Waals surface area contributed by atoms with Gasteiger partial charge in [0.1, 0.15) is 11.6 Å². The van der Waals surface area contributed by atoms with E-state index in [9.17, 15) is 18.3 Å². The van der Waals surface area contributed by atoms with E-state index in [1.807, 2.05) is 18.2 Å². The van der Waals surface area contributed by atoms with E-state index in [4.69, 9.17) is 4.74 Å². The number of piperidine rings is 1. The number of fused-ring (bicyclic) bond motifs is 1. The third kappa shape index (κ3) is 4.16. The van der Waals surface area contributed by atoms with E-state index in [1.54, 1.807) is 7.11 Å². The van der Waals surface area contributed by atoms with Gasteiger partial charge in [-0.25, -0.2) is 17.7 Å². The molecular formula is C17H23N3O5S. The van der Waals surface area contributed by atoms with Crippen LogP contribution in [0.1, 0.15) is 18.7 Å². The van der Waals surface area contributed by atoms with E-state index in [0.717, 1.165) is 22.6 Å². The lowest BCUT2D eigenvalue weighted by atomic mass is 9.82. The maximum Gasteiger partial charge on any atom is 0.303 e. The van der Waals surface area contributed by atoms with Crippen molar-refractivity contribution in [2.24, 2.45) is 11.8 Å². The molecule has 9 heteroatoms. The van der Waals surface area contributed by atoms with Crippen molar-refractivity contribution in [3.05, 3.63) is 24.0 Å². The maximum atomic E-state index is 11.9. The van der Waals surface area contributed by atoms with Crippen LogP contribution in [0.2, 0.25) is 0 Å². The van der Waals surface area contributed by atoms with Crippen molar-refractivity contribution in [2.75, 3.05) is 26.5 Å². The molecule has 142 valence electrons. The van der Waals surface area contributed by atoms with Crippen LogP contribution < -0.4 is 4.74 Å². The number of hydrogen-bond acceptors (Lipinski definition) is 5. The van der Waals surface area contributed by atoms with E-state index in [-0.39, 0.29) is 18.3 Å². The van der Waals surface area contributed by atoms with Crippen LogP contribution in [0.5, 0.6) is 5.75 Å². The molecule has 3 rings (SSSR count). The first-order valence-corrected chi connectivity index (χ1v) is 10.3. The van der Waals surface area contributed by atoms with Gasteiger partial charge in [0.15, 0.2) is 0 Å². The lowest BCUT2D eigenvalue weighted by molar-refractivity contribution is -0.138. The Balaban J connectivity index is 1.83. The monoisotopic (exact) mass is 381 g/mol. The highest BCUT2D eigenvalue weighted by Gasteiger charge is 2.34. The molecule has 26 heavy (non-hydrogen) atoms. The minimum absolute atomic E-state index is 0.0380. The summed E-state index contributed by atoms with van der Waals surface area (Å²) in [6.07, 6.45) is 2.27. The Bertz CT molecular complexity index is 908. The van der Waals surface area contributed by atoms with Gasteiger partial charge in [0, 0.05) is 32.0 Å².